The third kappa shape index (κ3) is 1.95. The Morgan fingerprint density at radius 2 is 2.25 bits per heavy atom. The molecule has 0 fully saturated rings. The van der Waals surface area contributed by atoms with E-state index in [4.69, 9.17) is 5.11 Å². The lowest BCUT2D eigenvalue weighted by Gasteiger charge is -1.90. The average Bonchev–Trinajstić information content (AvgIpc) is 2.30. The number of rotatable bonds is 2. The molecule has 0 radical (unpaired) electrons. The molecule has 0 aliphatic rings. The molecule has 0 unspecified atom stereocenters. The van der Waals surface area contributed by atoms with Gasteiger partial charge in [0, 0.05) is 11.0 Å². The van der Waals surface area contributed by atoms with Crippen LogP contribution in [0.1, 0.15) is 16.0 Å². The molecule has 0 saturated heterocycles. The lowest BCUT2D eigenvalue weighted by molar-refractivity contribution is -0.131. The second kappa shape index (κ2) is 3.54. The Morgan fingerprint density at radius 3 is 2.67 bits per heavy atom. The molecule has 12 heavy (non-hydrogen) atoms. The molecule has 1 rings (SSSR count). The normalized spacial score (nSPS) is 10.8. The molecule has 1 N–H and O–H groups in total. The molecule has 0 aliphatic carbocycles. The minimum Gasteiger partial charge on any atom is -0.478 e. The molecule has 64 valence electrons. The molecule has 0 spiro atoms. The zero-order chi connectivity index (χ0) is 9.14. The van der Waals surface area contributed by atoms with E-state index in [1.807, 2.05) is 19.2 Å². The summed E-state index contributed by atoms with van der Waals surface area (Å²) in [6, 6.07) is 0. The molecule has 0 saturated carbocycles. The number of thiophene rings is 1. The van der Waals surface area contributed by atoms with Gasteiger partial charge in [-0.3, -0.25) is 0 Å². The van der Waals surface area contributed by atoms with Crippen LogP contribution in [0.3, 0.4) is 0 Å². The molecule has 1 aromatic heterocycles. The first kappa shape index (κ1) is 9.00. The molecular formula is C9H10O2S. The van der Waals surface area contributed by atoms with Crippen molar-refractivity contribution in [3.63, 3.8) is 0 Å². The van der Waals surface area contributed by atoms with Gasteiger partial charge in [-0.25, -0.2) is 4.79 Å². The van der Waals surface area contributed by atoms with E-state index in [-0.39, 0.29) is 0 Å². The number of aliphatic carboxylic acids is 1. The lowest BCUT2D eigenvalue weighted by Crippen LogP contribution is -1.85. The second-order valence-corrected chi connectivity index (χ2v) is 3.63. The standard InChI is InChI=1S/C9H10O2S/c1-6-7(2)12-5-8(6)3-4-9(10)11/h3-5H,1-2H3,(H,10,11)/b4-3+. The molecule has 0 bridgehead atoms. The van der Waals surface area contributed by atoms with E-state index in [1.165, 1.54) is 4.88 Å². The summed E-state index contributed by atoms with van der Waals surface area (Å²) in [4.78, 5) is 11.4. The van der Waals surface area contributed by atoms with Gasteiger partial charge in [0.05, 0.1) is 0 Å². The fraction of sp³-hybridized carbons (Fsp3) is 0.222. The molecule has 1 heterocycles. The van der Waals surface area contributed by atoms with Crippen molar-refractivity contribution in [3.05, 3.63) is 27.5 Å². The predicted octanol–water partition coefficient (Wildman–Crippen LogP) is 2.46. The van der Waals surface area contributed by atoms with Crippen LogP contribution in [0.5, 0.6) is 0 Å². The Morgan fingerprint density at radius 1 is 1.58 bits per heavy atom. The number of hydrogen-bond donors (Lipinski definition) is 1. The highest BCUT2D eigenvalue weighted by Gasteiger charge is 1.99. The second-order valence-electron chi connectivity index (χ2n) is 2.54. The third-order valence-electron chi connectivity index (χ3n) is 1.73. The van der Waals surface area contributed by atoms with Crippen LogP contribution in [0.25, 0.3) is 6.08 Å². The van der Waals surface area contributed by atoms with E-state index in [0.717, 1.165) is 17.2 Å². The van der Waals surface area contributed by atoms with Crippen LogP contribution >= 0.6 is 11.3 Å². The fourth-order valence-corrected chi connectivity index (χ4v) is 1.71. The van der Waals surface area contributed by atoms with Crippen molar-refractivity contribution in [1.82, 2.24) is 0 Å². The third-order valence-corrected chi connectivity index (χ3v) is 2.76. The van der Waals surface area contributed by atoms with E-state index in [2.05, 4.69) is 0 Å². The number of aryl methyl sites for hydroxylation is 1. The Balaban J connectivity index is 2.90. The fourth-order valence-electron chi connectivity index (χ4n) is 0.857. The quantitative estimate of drug-likeness (QED) is 0.713. The summed E-state index contributed by atoms with van der Waals surface area (Å²) in [5.74, 6) is -0.904. The van der Waals surface area contributed by atoms with Crippen molar-refractivity contribution < 1.29 is 9.90 Å². The van der Waals surface area contributed by atoms with Gasteiger partial charge >= 0.3 is 5.97 Å². The zero-order valence-corrected chi connectivity index (χ0v) is 7.81. The van der Waals surface area contributed by atoms with E-state index in [9.17, 15) is 4.79 Å². The topological polar surface area (TPSA) is 37.3 Å². The van der Waals surface area contributed by atoms with Gasteiger partial charge in [0.15, 0.2) is 0 Å². The summed E-state index contributed by atoms with van der Waals surface area (Å²) in [5, 5.41) is 10.4. The van der Waals surface area contributed by atoms with Crippen molar-refractivity contribution >= 4 is 23.4 Å². The van der Waals surface area contributed by atoms with Crippen molar-refractivity contribution in [1.29, 1.82) is 0 Å². The van der Waals surface area contributed by atoms with Gasteiger partial charge in [-0.15, -0.1) is 11.3 Å². The highest BCUT2D eigenvalue weighted by atomic mass is 32.1. The van der Waals surface area contributed by atoms with Crippen LogP contribution in [0.4, 0.5) is 0 Å². The van der Waals surface area contributed by atoms with Gasteiger partial charge in [0.1, 0.15) is 0 Å². The van der Waals surface area contributed by atoms with Gasteiger partial charge in [-0.05, 0) is 36.4 Å². The Bertz CT molecular complexity index is 323. The van der Waals surface area contributed by atoms with Crippen LogP contribution in [0, 0.1) is 13.8 Å². The van der Waals surface area contributed by atoms with Gasteiger partial charge in [0.25, 0.3) is 0 Å². The summed E-state index contributed by atoms with van der Waals surface area (Å²) in [5.41, 5.74) is 2.16. The van der Waals surface area contributed by atoms with E-state index in [0.29, 0.717) is 0 Å². The number of carboxylic acids is 1. The molecule has 1 aromatic rings. The summed E-state index contributed by atoms with van der Waals surface area (Å²) in [7, 11) is 0. The van der Waals surface area contributed by atoms with Crippen LogP contribution in [0.2, 0.25) is 0 Å². The van der Waals surface area contributed by atoms with Crippen molar-refractivity contribution in [3.8, 4) is 0 Å². The molecule has 3 heteroatoms. The molecule has 0 amide bonds. The molecule has 0 atom stereocenters. The summed E-state index contributed by atoms with van der Waals surface area (Å²) < 4.78 is 0. The molecule has 0 aromatic carbocycles. The van der Waals surface area contributed by atoms with Crippen LogP contribution < -0.4 is 0 Å². The average molecular weight is 182 g/mol. The van der Waals surface area contributed by atoms with E-state index in [1.54, 1.807) is 17.4 Å². The maximum atomic E-state index is 10.2. The summed E-state index contributed by atoms with van der Waals surface area (Å²) in [6.07, 6.45) is 2.79. The molecule has 0 aliphatic heterocycles. The minimum atomic E-state index is -0.904. The highest BCUT2D eigenvalue weighted by Crippen LogP contribution is 2.21. The molecule has 2 nitrogen and oxygen atoms in total. The van der Waals surface area contributed by atoms with E-state index < -0.39 is 5.97 Å². The van der Waals surface area contributed by atoms with Gasteiger partial charge in [0.2, 0.25) is 0 Å². The van der Waals surface area contributed by atoms with Crippen LogP contribution in [-0.2, 0) is 4.79 Å². The van der Waals surface area contributed by atoms with Gasteiger partial charge in [-0.2, -0.15) is 0 Å². The lowest BCUT2D eigenvalue weighted by atomic mass is 10.2. The molecular weight excluding hydrogens is 172 g/mol. The van der Waals surface area contributed by atoms with Crippen molar-refractivity contribution in [2.24, 2.45) is 0 Å². The summed E-state index contributed by atoms with van der Waals surface area (Å²) in [6.45, 7) is 4.02. The van der Waals surface area contributed by atoms with E-state index >= 15 is 0 Å². The van der Waals surface area contributed by atoms with Crippen LogP contribution in [-0.4, -0.2) is 11.1 Å². The highest BCUT2D eigenvalue weighted by molar-refractivity contribution is 7.10. The monoisotopic (exact) mass is 182 g/mol. The van der Waals surface area contributed by atoms with Crippen molar-refractivity contribution in [2.75, 3.05) is 0 Å². The SMILES string of the molecule is Cc1scc(/C=C/C(=O)O)c1C. The first-order valence-corrected chi connectivity index (χ1v) is 4.45. The number of hydrogen-bond acceptors (Lipinski definition) is 2. The maximum absolute atomic E-state index is 10.2. The maximum Gasteiger partial charge on any atom is 0.328 e. The number of carboxylic acid groups (broad SMARTS) is 1. The smallest absolute Gasteiger partial charge is 0.328 e. The largest absolute Gasteiger partial charge is 0.478 e. The summed E-state index contributed by atoms with van der Waals surface area (Å²) >= 11 is 1.64. The minimum absolute atomic E-state index is 0.904. The van der Waals surface area contributed by atoms with Gasteiger partial charge in [-0.1, -0.05) is 0 Å². The predicted molar refractivity (Wildman–Crippen MR) is 50.5 cm³/mol. The Labute approximate surface area is 75.2 Å². The Hall–Kier alpha value is -1.09. The first-order chi connectivity index (χ1) is 5.61. The Kier molecular flexibility index (Phi) is 2.65. The van der Waals surface area contributed by atoms with Crippen LogP contribution in [0.15, 0.2) is 11.5 Å². The first-order valence-electron chi connectivity index (χ1n) is 3.57. The van der Waals surface area contributed by atoms with Crippen molar-refractivity contribution in [2.45, 2.75) is 13.8 Å². The van der Waals surface area contributed by atoms with Gasteiger partial charge < -0.3 is 5.11 Å². The zero-order valence-electron chi connectivity index (χ0n) is 7.00. The number of carbonyl (C=O) groups is 1.